The summed E-state index contributed by atoms with van der Waals surface area (Å²) in [7, 11) is 0. The Morgan fingerprint density at radius 2 is 2.10 bits per heavy atom. The molecule has 102 valence electrons. The molecule has 2 heterocycles. The Hall–Kier alpha value is -2.27. The number of nitrogens with zero attached hydrogens (tertiary/aromatic N) is 3. The van der Waals surface area contributed by atoms with Gasteiger partial charge in [0.15, 0.2) is 0 Å². The first-order valence-corrected chi connectivity index (χ1v) is 6.79. The van der Waals surface area contributed by atoms with E-state index in [1.54, 1.807) is 6.33 Å². The highest BCUT2D eigenvalue weighted by molar-refractivity contribution is 5.81. The van der Waals surface area contributed by atoms with Crippen LogP contribution in [0.1, 0.15) is 24.4 Å². The molecule has 1 atom stereocenters. The van der Waals surface area contributed by atoms with Crippen molar-refractivity contribution in [2.45, 2.75) is 19.4 Å². The number of fused-ring (bicyclic) bond motifs is 1. The zero-order valence-electron chi connectivity index (χ0n) is 11.4. The monoisotopic (exact) mass is 267 g/mol. The van der Waals surface area contributed by atoms with Gasteiger partial charge >= 0.3 is 0 Å². The van der Waals surface area contributed by atoms with E-state index in [1.165, 1.54) is 10.9 Å². The van der Waals surface area contributed by atoms with Crippen molar-refractivity contribution in [1.82, 2.24) is 25.5 Å². The van der Waals surface area contributed by atoms with Gasteiger partial charge in [0.25, 0.3) is 0 Å². The third-order valence-corrected chi connectivity index (χ3v) is 3.38. The van der Waals surface area contributed by atoms with Crippen LogP contribution in [0.3, 0.4) is 0 Å². The van der Waals surface area contributed by atoms with Crippen LogP contribution in [0.15, 0.2) is 42.9 Å². The number of likely N-dealkylation sites (N-methyl/N-ethyl adjacent to an activating group) is 1. The molecule has 5 nitrogen and oxygen atoms in total. The molecule has 1 aromatic carbocycles. The Bertz CT molecular complexity index is 672. The molecule has 20 heavy (non-hydrogen) atoms. The lowest BCUT2D eigenvalue weighted by Crippen LogP contribution is -2.24. The van der Waals surface area contributed by atoms with Crippen LogP contribution in [0.4, 0.5) is 0 Å². The van der Waals surface area contributed by atoms with Crippen molar-refractivity contribution in [2.24, 2.45) is 0 Å². The van der Waals surface area contributed by atoms with Crippen molar-refractivity contribution in [2.75, 3.05) is 6.54 Å². The lowest BCUT2D eigenvalue weighted by molar-refractivity contribution is 0.524. The summed E-state index contributed by atoms with van der Waals surface area (Å²) in [6.45, 7) is 2.97. The zero-order chi connectivity index (χ0) is 13.8. The molecule has 0 aliphatic rings. The second-order valence-corrected chi connectivity index (χ2v) is 4.67. The fourth-order valence-electron chi connectivity index (χ4n) is 2.45. The second-order valence-electron chi connectivity index (χ2n) is 4.67. The number of hydrogen-bond acceptors (Lipinski definition) is 4. The van der Waals surface area contributed by atoms with Gasteiger partial charge < -0.3 is 5.32 Å². The molecule has 0 radical (unpaired) electrons. The summed E-state index contributed by atoms with van der Waals surface area (Å²) in [5.41, 5.74) is 2.29. The van der Waals surface area contributed by atoms with Gasteiger partial charge in [0, 0.05) is 11.6 Å². The number of benzene rings is 1. The molecule has 0 aliphatic carbocycles. The quantitative estimate of drug-likeness (QED) is 0.744. The number of para-hydroxylation sites is 1. The Balaban J connectivity index is 1.94. The lowest BCUT2D eigenvalue weighted by Gasteiger charge is -2.16. The minimum atomic E-state index is 0.133. The number of rotatable bonds is 5. The lowest BCUT2D eigenvalue weighted by atomic mass is 10.0. The number of pyridine rings is 1. The maximum atomic E-state index is 4.40. The summed E-state index contributed by atoms with van der Waals surface area (Å²) in [5, 5.41) is 11.5. The van der Waals surface area contributed by atoms with Crippen molar-refractivity contribution >= 4 is 10.9 Å². The molecule has 0 aliphatic heterocycles. The molecule has 3 aromatic rings. The van der Waals surface area contributed by atoms with Crippen LogP contribution in [0.5, 0.6) is 0 Å². The molecule has 2 N–H and O–H groups in total. The van der Waals surface area contributed by atoms with Gasteiger partial charge in [-0.05, 0) is 30.7 Å². The van der Waals surface area contributed by atoms with E-state index < -0.39 is 0 Å². The zero-order valence-corrected chi connectivity index (χ0v) is 11.4. The molecule has 0 amide bonds. The summed E-state index contributed by atoms with van der Waals surface area (Å²) < 4.78 is 0. The first kappa shape index (κ1) is 12.7. The molecule has 1 unspecified atom stereocenters. The van der Waals surface area contributed by atoms with Crippen LogP contribution in [0.2, 0.25) is 0 Å². The summed E-state index contributed by atoms with van der Waals surface area (Å²) >= 11 is 0. The van der Waals surface area contributed by atoms with Gasteiger partial charge in [-0.25, -0.2) is 4.98 Å². The predicted octanol–water partition coefficient (Wildman–Crippen LogP) is 2.25. The van der Waals surface area contributed by atoms with E-state index in [0.717, 1.165) is 24.3 Å². The van der Waals surface area contributed by atoms with E-state index in [4.69, 9.17) is 0 Å². The van der Waals surface area contributed by atoms with E-state index in [1.807, 2.05) is 24.4 Å². The SMILES string of the molecule is CCNC(Cc1ccnc2ccccc12)c1ncn[nH]1. The van der Waals surface area contributed by atoms with E-state index in [2.05, 4.69) is 44.5 Å². The first-order chi connectivity index (χ1) is 9.88. The summed E-state index contributed by atoms with van der Waals surface area (Å²) in [5.74, 6) is 0.868. The van der Waals surface area contributed by atoms with E-state index in [0.29, 0.717) is 0 Å². The van der Waals surface area contributed by atoms with Crippen molar-refractivity contribution in [3.63, 3.8) is 0 Å². The van der Waals surface area contributed by atoms with E-state index >= 15 is 0 Å². The molecule has 0 spiro atoms. The van der Waals surface area contributed by atoms with Crippen LogP contribution in [-0.2, 0) is 6.42 Å². The second kappa shape index (κ2) is 5.79. The Kier molecular flexibility index (Phi) is 3.69. The Morgan fingerprint density at radius 3 is 2.90 bits per heavy atom. The molecule has 0 fully saturated rings. The standard InChI is InChI=1S/C15H17N5/c1-2-16-14(15-18-10-19-20-15)9-11-7-8-17-13-6-4-3-5-12(11)13/h3-8,10,14,16H,2,9H2,1H3,(H,18,19,20). The Labute approximate surface area is 117 Å². The van der Waals surface area contributed by atoms with Crippen LogP contribution < -0.4 is 5.32 Å². The van der Waals surface area contributed by atoms with Crippen molar-refractivity contribution in [3.8, 4) is 0 Å². The number of aromatic nitrogens is 4. The van der Waals surface area contributed by atoms with Gasteiger partial charge in [0.1, 0.15) is 12.2 Å². The van der Waals surface area contributed by atoms with Gasteiger partial charge in [0.05, 0.1) is 11.6 Å². The highest BCUT2D eigenvalue weighted by Crippen LogP contribution is 2.21. The number of nitrogens with one attached hydrogen (secondary N) is 2. The van der Waals surface area contributed by atoms with Crippen molar-refractivity contribution < 1.29 is 0 Å². The molecular weight excluding hydrogens is 250 g/mol. The van der Waals surface area contributed by atoms with Gasteiger partial charge in [-0.2, -0.15) is 5.10 Å². The highest BCUT2D eigenvalue weighted by Gasteiger charge is 2.15. The van der Waals surface area contributed by atoms with Gasteiger partial charge in [-0.1, -0.05) is 25.1 Å². The molecule has 2 aromatic heterocycles. The molecule has 3 rings (SSSR count). The Morgan fingerprint density at radius 1 is 1.20 bits per heavy atom. The minimum absolute atomic E-state index is 0.133. The minimum Gasteiger partial charge on any atom is -0.307 e. The first-order valence-electron chi connectivity index (χ1n) is 6.79. The maximum Gasteiger partial charge on any atom is 0.141 e. The van der Waals surface area contributed by atoms with Crippen molar-refractivity contribution in [3.05, 3.63) is 54.2 Å². The average molecular weight is 267 g/mol. The smallest absolute Gasteiger partial charge is 0.141 e. The summed E-state index contributed by atoms with van der Waals surface area (Å²) in [6, 6.07) is 10.4. The van der Waals surface area contributed by atoms with Crippen LogP contribution >= 0.6 is 0 Å². The largest absolute Gasteiger partial charge is 0.307 e. The van der Waals surface area contributed by atoms with Crippen molar-refractivity contribution in [1.29, 1.82) is 0 Å². The van der Waals surface area contributed by atoms with E-state index in [-0.39, 0.29) is 6.04 Å². The third kappa shape index (κ3) is 2.53. The van der Waals surface area contributed by atoms with Crippen LogP contribution in [0.25, 0.3) is 10.9 Å². The molecule has 0 saturated carbocycles. The molecule has 0 bridgehead atoms. The molecular formula is C15H17N5. The molecule has 5 heteroatoms. The van der Waals surface area contributed by atoms with Gasteiger partial charge in [-0.15, -0.1) is 0 Å². The average Bonchev–Trinajstić information content (AvgIpc) is 3.01. The fourth-order valence-corrected chi connectivity index (χ4v) is 2.45. The van der Waals surface area contributed by atoms with E-state index in [9.17, 15) is 0 Å². The maximum absolute atomic E-state index is 4.40. The normalized spacial score (nSPS) is 12.7. The number of H-pyrrole nitrogens is 1. The van der Waals surface area contributed by atoms with Crippen LogP contribution in [-0.4, -0.2) is 26.7 Å². The fraction of sp³-hybridized carbons (Fsp3) is 0.267. The third-order valence-electron chi connectivity index (χ3n) is 3.38. The highest BCUT2D eigenvalue weighted by atomic mass is 15.2. The van der Waals surface area contributed by atoms with Crippen LogP contribution in [0, 0.1) is 0 Å². The summed E-state index contributed by atoms with van der Waals surface area (Å²) in [6.07, 6.45) is 4.26. The predicted molar refractivity (Wildman–Crippen MR) is 78.2 cm³/mol. The number of hydrogen-bond donors (Lipinski definition) is 2. The summed E-state index contributed by atoms with van der Waals surface area (Å²) in [4.78, 5) is 8.67. The molecule has 0 saturated heterocycles. The van der Waals surface area contributed by atoms with Gasteiger partial charge in [-0.3, -0.25) is 10.1 Å². The van der Waals surface area contributed by atoms with Gasteiger partial charge in [0.2, 0.25) is 0 Å². The number of aromatic amines is 1. The topological polar surface area (TPSA) is 66.5 Å².